The van der Waals surface area contributed by atoms with Gasteiger partial charge in [0, 0.05) is 41.7 Å². The standard InChI is InChI=1S/C34H42N2O4S2/c1-4-6-18-34(19-7-5-2)24-36(28-15-13-27(14-16-28)35-23-26-11-9-8-10-12-26)29-21-31(41-3)30(40-20-17-33(37)38)22-32(29)42(39)25-34/h8-17,20-22,35H,4-7,18-19,23-25H2,1-3H3,(H,37,38)/b20-17+. The number of thioether (sulfide) groups is 1. The minimum atomic E-state index is -1.25. The van der Waals surface area contributed by atoms with Crippen LogP contribution in [-0.4, -0.2) is 33.8 Å². The lowest BCUT2D eigenvalue weighted by atomic mass is 9.79. The Hall–Kier alpha value is -3.23. The number of nitrogens with zero attached hydrogens (tertiary/aromatic N) is 1. The number of hydrogen-bond donors (Lipinski definition) is 2. The Balaban J connectivity index is 1.75. The fraction of sp³-hybridized carbons (Fsp3) is 0.382. The first kappa shape index (κ1) is 31.7. The number of unbranched alkanes of at least 4 members (excludes halogenated alkanes) is 2. The highest BCUT2D eigenvalue weighted by molar-refractivity contribution is 7.98. The monoisotopic (exact) mass is 606 g/mol. The maximum atomic E-state index is 14.1. The van der Waals surface area contributed by atoms with E-state index in [2.05, 4.69) is 66.5 Å². The predicted octanol–water partition coefficient (Wildman–Crippen LogP) is 8.62. The van der Waals surface area contributed by atoms with E-state index in [1.54, 1.807) is 0 Å². The van der Waals surface area contributed by atoms with E-state index in [0.717, 1.165) is 84.5 Å². The normalized spacial score (nSPS) is 16.2. The van der Waals surface area contributed by atoms with E-state index in [9.17, 15) is 9.00 Å². The Bertz CT molecular complexity index is 1370. The second-order valence-electron chi connectivity index (χ2n) is 10.9. The number of benzene rings is 3. The molecular weight excluding hydrogens is 565 g/mol. The van der Waals surface area contributed by atoms with E-state index in [1.807, 2.05) is 30.5 Å². The molecule has 3 aromatic carbocycles. The molecule has 0 radical (unpaired) electrons. The molecule has 1 heterocycles. The number of aliphatic carboxylic acids is 1. The zero-order valence-corrected chi connectivity index (χ0v) is 26.4. The van der Waals surface area contributed by atoms with Crippen molar-refractivity contribution in [3.8, 4) is 5.75 Å². The van der Waals surface area contributed by atoms with E-state index in [-0.39, 0.29) is 5.41 Å². The number of rotatable bonds is 14. The van der Waals surface area contributed by atoms with Crippen LogP contribution in [0.3, 0.4) is 0 Å². The van der Waals surface area contributed by atoms with Gasteiger partial charge in [-0.3, -0.25) is 4.21 Å². The molecule has 2 N–H and O–H groups in total. The topological polar surface area (TPSA) is 78.9 Å². The van der Waals surface area contributed by atoms with E-state index in [0.29, 0.717) is 11.5 Å². The van der Waals surface area contributed by atoms with E-state index >= 15 is 0 Å². The van der Waals surface area contributed by atoms with Crippen molar-refractivity contribution in [3.63, 3.8) is 0 Å². The van der Waals surface area contributed by atoms with Crippen LogP contribution in [0.4, 0.5) is 17.1 Å². The summed E-state index contributed by atoms with van der Waals surface area (Å²) in [4.78, 5) is 15.0. The lowest BCUT2D eigenvalue weighted by Gasteiger charge is -2.37. The number of fused-ring (bicyclic) bond motifs is 1. The van der Waals surface area contributed by atoms with Crippen LogP contribution in [0.5, 0.6) is 5.75 Å². The minimum absolute atomic E-state index is 0.0934. The van der Waals surface area contributed by atoms with Crippen molar-refractivity contribution in [1.82, 2.24) is 0 Å². The quantitative estimate of drug-likeness (QED) is 0.108. The van der Waals surface area contributed by atoms with Crippen molar-refractivity contribution in [2.45, 2.75) is 68.7 Å². The van der Waals surface area contributed by atoms with Crippen molar-refractivity contribution >= 4 is 45.6 Å². The van der Waals surface area contributed by atoms with Gasteiger partial charge in [0.25, 0.3) is 0 Å². The summed E-state index contributed by atoms with van der Waals surface area (Å²) in [6.45, 7) is 5.97. The van der Waals surface area contributed by atoms with E-state index in [1.165, 1.54) is 23.6 Å². The molecule has 1 unspecified atom stereocenters. The summed E-state index contributed by atoms with van der Waals surface area (Å²) >= 11 is 1.53. The predicted molar refractivity (Wildman–Crippen MR) is 176 cm³/mol. The fourth-order valence-corrected chi connectivity index (χ4v) is 7.75. The molecule has 0 saturated heterocycles. The molecule has 0 spiro atoms. The Morgan fingerprint density at radius 3 is 2.38 bits per heavy atom. The molecule has 1 atom stereocenters. The third-order valence-electron chi connectivity index (χ3n) is 7.76. The number of carboxylic acid groups (broad SMARTS) is 1. The van der Waals surface area contributed by atoms with Crippen molar-refractivity contribution < 1.29 is 18.8 Å². The van der Waals surface area contributed by atoms with Gasteiger partial charge in [0.05, 0.1) is 38.6 Å². The number of ether oxygens (including phenoxy) is 1. The Morgan fingerprint density at radius 2 is 1.76 bits per heavy atom. The van der Waals surface area contributed by atoms with Crippen LogP contribution in [0.1, 0.15) is 57.9 Å². The van der Waals surface area contributed by atoms with Crippen LogP contribution in [0.25, 0.3) is 0 Å². The average Bonchev–Trinajstić information content (AvgIpc) is 3.12. The molecule has 0 fully saturated rings. The molecule has 8 heteroatoms. The van der Waals surface area contributed by atoms with Gasteiger partial charge in [-0.15, -0.1) is 11.8 Å². The Kier molecular flexibility index (Phi) is 11.5. The molecule has 0 saturated carbocycles. The molecule has 0 amide bonds. The van der Waals surface area contributed by atoms with Gasteiger partial charge >= 0.3 is 5.97 Å². The summed E-state index contributed by atoms with van der Waals surface area (Å²) in [7, 11) is -1.25. The van der Waals surface area contributed by atoms with Crippen molar-refractivity contribution in [2.75, 3.05) is 28.8 Å². The molecule has 4 rings (SSSR count). The SMILES string of the molecule is CCCCC1(CCCC)CN(c2ccc(NCc3ccccc3)cc2)c2cc(SC)c(O/C=C/C(=O)O)cc2S(=O)C1. The second-order valence-corrected chi connectivity index (χ2v) is 13.2. The van der Waals surface area contributed by atoms with Gasteiger partial charge in [0.1, 0.15) is 5.75 Å². The zero-order chi connectivity index (χ0) is 30.0. The maximum Gasteiger partial charge on any atom is 0.331 e. The first-order chi connectivity index (χ1) is 20.4. The Labute approximate surface area is 257 Å². The lowest BCUT2D eigenvalue weighted by Crippen LogP contribution is -2.37. The van der Waals surface area contributed by atoms with Crippen LogP contribution in [0, 0.1) is 5.41 Å². The van der Waals surface area contributed by atoms with Crippen LogP contribution >= 0.6 is 11.8 Å². The first-order valence-corrected chi connectivity index (χ1v) is 17.2. The molecule has 3 aromatic rings. The van der Waals surface area contributed by atoms with E-state index in [4.69, 9.17) is 9.84 Å². The first-order valence-electron chi connectivity index (χ1n) is 14.7. The summed E-state index contributed by atoms with van der Waals surface area (Å²) < 4.78 is 19.9. The smallest absolute Gasteiger partial charge is 0.331 e. The van der Waals surface area contributed by atoms with Gasteiger partial charge in [-0.05, 0) is 55.0 Å². The van der Waals surface area contributed by atoms with Crippen LogP contribution in [0.2, 0.25) is 0 Å². The molecule has 0 bridgehead atoms. The van der Waals surface area contributed by atoms with Gasteiger partial charge in [0.2, 0.25) is 0 Å². The maximum absolute atomic E-state index is 14.1. The van der Waals surface area contributed by atoms with Crippen LogP contribution in [-0.2, 0) is 22.1 Å². The van der Waals surface area contributed by atoms with Gasteiger partial charge < -0.3 is 20.1 Å². The third-order valence-corrected chi connectivity index (χ3v) is 10.2. The molecule has 0 aromatic heterocycles. The number of anilines is 3. The summed E-state index contributed by atoms with van der Waals surface area (Å²) in [6, 6.07) is 22.8. The number of carboxylic acids is 1. The molecule has 224 valence electrons. The van der Waals surface area contributed by atoms with Gasteiger partial charge in [-0.2, -0.15) is 0 Å². The molecular formula is C34H42N2O4S2. The molecule has 1 aliphatic heterocycles. The second kappa shape index (κ2) is 15.3. The van der Waals surface area contributed by atoms with Crippen molar-refractivity contribution in [3.05, 3.63) is 84.6 Å². The zero-order valence-electron chi connectivity index (χ0n) is 24.8. The largest absolute Gasteiger partial charge is 0.478 e. The Morgan fingerprint density at radius 1 is 1.07 bits per heavy atom. The number of nitrogens with one attached hydrogen (secondary N) is 1. The minimum Gasteiger partial charge on any atom is -0.478 e. The van der Waals surface area contributed by atoms with Gasteiger partial charge in [-0.1, -0.05) is 69.9 Å². The molecule has 42 heavy (non-hydrogen) atoms. The fourth-order valence-electron chi connectivity index (χ4n) is 5.48. The van der Waals surface area contributed by atoms with Crippen LogP contribution < -0.4 is 15.0 Å². The highest BCUT2D eigenvalue weighted by Gasteiger charge is 2.39. The number of hydrogen-bond acceptors (Lipinski definition) is 6. The lowest BCUT2D eigenvalue weighted by molar-refractivity contribution is -0.131. The van der Waals surface area contributed by atoms with Crippen molar-refractivity contribution in [2.24, 2.45) is 5.41 Å². The third kappa shape index (κ3) is 8.19. The summed E-state index contributed by atoms with van der Waals surface area (Å²) in [5.74, 6) is 0.0293. The molecule has 1 aliphatic rings. The molecule has 6 nitrogen and oxygen atoms in total. The van der Waals surface area contributed by atoms with Crippen molar-refractivity contribution in [1.29, 1.82) is 0 Å². The average molecular weight is 607 g/mol. The van der Waals surface area contributed by atoms with Gasteiger partial charge in [-0.25, -0.2) is 4.79 Å². The summed E-state index contributed by atoms with van der Waals surface area (Å²) in [5.41, 5.74) is 4.16. The number of carbonyl (C=O) groups is 1. The van der Waals surface area contributed by atoms with E-state index < -0.39 is 16.8 Å². The molecule has 0 aliphatic carbocycles. The summed E-state index contributed by atoms with van der Waals surface area (Å²) in [5, 5.41) is 12.5. The highest BCUT2D eigenvalue weighted by atomic mass is 32.2. The van der Waals surface area contributed by atoms with Gasteiger partial charge in [0.15, 0.2) is 0 Å². The highest BCUT2D eigenvalue weighted by Crippen LogP contribution is 2.47. The summed E-state index contributed by atoms with van der Waals surface area (Å²) in [6.07, 6.45) is 10.5. The van der Waals surface area contributed by atoms with Crippen LogP contribution in [0.15, 0.2) is 88.9 Å².